The zero-order valence-electron chi connectivity index (χ0n) is 7.82. The minimum Gasteiger partial charge on any atom is -0.326 e. The van der Waals surface area contributed by atoms with E-state index < -0.39 is 0 Å². The highest BCUT2D eigenvalue weighted by atomic mass is 127. The van der Waals surface area contributed by atoms with Gasteiger partial charge in [0.15, 0.2) is 0 Å². The molecular weight excluding hydrogens is 308 g/mol. The van der Waals surface area contributed by atoms with Crippen molar-refractivity contribution in [1.82, 2.24) is 9.78 Å². The van der Waals surface area contributed by atoms with Crippen LogP contribution in [0.4, 0.5) is 4.39 Å². The first-order chi connectivity index (χ1) is 7.22. The third kappa shape index (κ3) is 2.03. The van der Waals surface area contributed by atoms with Crippen molar-refractivity contribution >= 4 is 22.6 Å². The van der Waals surface area contributed by atoms with Gasteiger partial charge in [0.1, 0.15) is 5.82 Å². The van der Waals surface area contributed by atoms with Crippen LogP contribution in [0.25, 0.3) is 5.69 Å². The molecule has 1 heterocycles. The van der Waals surface area contributed by atoms with Crippen LogP contribution in [-0.2, 0) is 6.54 Å². The van der Waals surface area contributed by atoms with Crippen LogP contribution in [0.15, 0.2) is 30.6 Å². The van der Waals surface area contributed by atoms with Gasteiger partial charge in [-0.05, 0) is 34.7 Å². The molecule has 0 amide bonds. The maximum absolute atomic E-state index is 13.4. The first kappa shape index (κ1) is 10.6. The molecule has 0 bridgehead atoms. The summed E-state index contributed by atoms with van der Waals surface area (Å²) in [5.74, 6) is -0.291. The number of nitrogens with zero attached hydrogens (tertiary/aromatic N) is 2. The number of benzene rings is 1. The smallest absolute Gasteiger partial charge is 0.129 e. The summed E-state index contributed by atoms with van der Waals surface area (Å²) >= 11 is 2.15. The van der Waals surface area contributed by atoms with E-state index >= 15 is 0 Å². The van der Waals surface area contributed by atoms with Gasteiger partial charge in [-0.1, -0.05) is 6.07 Å². The molecule has 15 heavy (non-hydrogen) atoms. The van der Waals surface area contributed by atoms with Crippen molar-refractivity contribution in [1.29, 1.82) is 0 Å². The highest BCUT2D eigenvalue weighted by Gasteiger charge is 2.08. The van der Waals surface area contributed by atoms with E-state index in [4.69, 9.17) is 5.73 Å². The van der Waals surface area contributed by atoms with E-state index in [1.54, 1.807) is 23.0 Å². The second kappa shape index (κ2) is 4.28. The maximum Gasteiger partial charge on any atom is 0.129 e. The van der Waals surface area contributed by atoms with E-state index in [1.165, 1.54) is 6.07 Å². The van der Waals surface area contributed by atoms with Crippen molar-refractivity contribution in [2.75, 3.05) is 0 Å². The van der Waals surface area contributed by atoms with Crippen LogP contribution in [0.5, 0.6) is 0 Å². The van der Waals surface area contributed by atoms with Crippen molar-refractivity contribution < 1.29 is 4.39 Å². The molecule has 2 rings (SSSR count). The number of halogens is 2. The fourth-order valence-corrected chi connectivity index (χ4v) is 1.78. The molecule has 3 nitrogen and oxygen atoms in total. The topological polar surface area (TPSA) is 43.8 Å². The van der Waals surface area contributed by atoms with Crippen LogP contribution in [0.1, 0.15) is 5.56 Å². The number of hydrogen-bond acceptors (Lipinski definition) is 2. The summed E-state index contributed by atoms with van der Waals surface area (Å²) in [5, 5.41) is 4.12. The quantitative estimate of drug-likeness (QED) is 0.862. The van der Waals surface area contributed by atoms with Crippen LogP contribution in [0.2, 0.25) is 0 Å². The Morgan fingerprint density at radius 3 is 2.87 bits per heavy atom. The average Bonchev–Trinajstić information content (AvgIpc) is 2.64. The molecule has 0 aliphatic heterocycles. The SMILES string of the molecule is NCc1c(F)cccc1-n1cc(I)cn1. The van der Waals surface area contributed by atoms with E-state index in [2.05, 4.69) is 27.7 Å². The number of aromatic nitrogens is 2. The Morgan fingerprint density at radius 2 is 2.27 bits per heavy atom. The third-order valence-electron chi connectivity index (χ3n) is 2.10. The molecule has 0 radical (unpaired) electrons. The summed E-state index contributed by atoms with van der Waals surface area (Å²) in [6.45, 7) is 0.165. The van der Waals surface area contributed by atoms with Gasteiger partial charge in [-0.2, -0.15) is 5.10 Å². The summed E-state index contributed by atoms with van der Waals surface area (Å²) in [4.78, 5) is 0. The fourth-order valence-electron chi connectivity index (χ4n) is 1.40. The monoisotopic (exact) mass is 317 g/mol. The molecule has 0 spiro atoms. The van der Waals surface area contributed by atoms with Gasteiger partial charge in [0.25, 0.3) is 0 Å². The number of rotatable bonds is 2. The van der Waals surface area contributed by atoms with Crippen molar-refractivity contribution in [2.45, 2.75) is 6.54 Å². The summed E-state index contributed by atoms with van der Waals surface area (Å²) in [7, 11) is 0. The molecule has 0 atom stereocenters. The Bertz CT molecular complexity index is 481. The lowest BCUT2D eigenvalue weighted by Crippen LogP contribution is -2.07. The molecule has 0 fully saturated rings. The van der Waals surface area contributed by atoms with E-state index in [0.717, 1.165) is 3.57 Å². The first-order valence-electron chi connectivity index (χ1n) is 4.40. The number of hydrogen-bond donors (Lipinski definition) is 1. The molecule has 0 unspecified atom stereocenters. The van der Waals surface area contributed by atoms with Gasteiger partial charge in [0.2, 0.25) is 0 Å². The normalized spacial score (nSPS) is 10.6. The number of nitrogens with two attached hydrogens (primary N) is 1. The lowest BCUT2D eigenvalue weighted by atomic mass is 10.1. The third-order valence-corrected chi connectivity index (χ3v) is 2.65. The molecule has 78 valence electrons. The molecule has 1 aromatic heterocycles. The second-order valence-corrected chi connectivity index (χ2v) is 4.29. The highest BCUT2D eigenvalue weighted by molar-refractivity contribution is 14.1. The largest absolute Gasteiger partial charge is 0.326 e. The van der Waals surface area contributed by atoms with Gasteiger partial charge >= 0.3 is 0 Å². The van der Waals surface area contributed by atoms with Gasteiger partial charge in [-0.25, -0.2) is 9.07 Å². The van der Waals surface area contributed by atoms with Crippen molar-refractivity contribution in [3.05, 3.63) is 45.5 Å². The minimum atomic E-state index is -0.291. The van der Waals surface area contributed by atoms with Crippen molar-refractivity contribution in [2.24, 2.45) is 5.73 Å². The van der Waals surface area contributed by atoms with Gasteiger partial charge in [-0.15, -0.1) is 0 Å². The Balaban J connectivity index is 2.57. The van der Waals surface area contributed by atoms with Crippen LogP contribution in [0.3, 0.4) is 0 Å². The fraction of sp³-hybridized carbons (Fsp3) is 0.100. The van der Waals surface area contributed by atoms with Gasteiger partial charge < -0.3 is 5.73 Å². The predicted molar refractivity (Wildman–Crippen MR) is 64.1 cm³/mol. The molecular formula is C10H9FIN3. The van der Waals surface area contributed by atoms with Crippen molar-refractivity contribution in [3.63, 3.8) is 0 Å². The van der Waals surface area contributed by atoms with Gasteiger partial charge in [0.05, 0.1) is 15.5 Å². The summed E-state index contributed by atoms with van der Waals surface area (Å²) in [6.07, 6.45) is 3.54. The van der Waals surface area contributed by atoms with Crippen LogP contribution in [-0.4, -0.2) is 9.78 Å². The second-order valence-electron chi connectivity index (χ2n) is 3.04. The Hall–Kier alpha value is -0.950. The lowest BCUT2D eigenvalue weighted by molar-refractivity contribution is 0.607. The molecule has 2 N–H and O–H groups in total. The minimum absolute atomic E-state index is 0.165. The zero-order chi connectivity index (χ0) is 10.8. The summed E-state index contributed by atoms with van der Waals surface area (Å²) < 4.78 is 16.1. The molecule has 5 heteroatoms. The van der Waals surface area contributed by atoms with E-state index in [0.29, 0.717) is 11.3 Å². The summed E-state index contributed by atoms with van der Waals surface area (Å²) in [5.41, 5.74) is 6.69. The Kier molecular flexibility index (Phi) is 3.01. The van der Waals surface area contributed by atoms with Gasteiger partial charge in [-0.3, -0.25) is 0 Å². The molecule has 0 aliphatic rings. The van der Waals surface area contributed by atoms with Crippen LogP contribution < -0.4 is 5.73 Å². The molecule has 0 saturated heterocycles. The predicted octanol–water partition coefficient (Wildman–Crippen LogP) is 2.07. The lowest BCUT2D eigenvalue weighted by Gasteiger charge is -2.08. The molecule has 1 aromatic carbocycles. The van der Waals surface area contributed by atoms with Crippen LogP contribution in [0, 0.1) is 9.39 Å². The zero-order valence-corrected chi connectivity index (χ0v) is 9.98. The average molecular weight is 317 g/mol. The Labute approximate surface area is 100 Å². The molecule has 2 aromatic rings. The Morgan fingerprint density at radius 1 is 1.47 bits per heavy atom. The maximum atomic E-state index is 13.4. The van der Waals surface area contributed by atoms with E-state index in [9.17, 15) is 4.39 Å². The first-order valence-corrected chi connectivity index (χ1v) is 5.48. The van der Waals surface area contributed by atoms with Gasteiger partial charge in [0, 0.05) is 18.3 Å². The standard InChI is InChI=1S/C10H9FIN3/c11-9-2-1-3-10(8(9)4-13)15-6-7(12)5-14-15/h1-3,5-6H,4,13H2. The van der Waals surface area contributed by atoms with E-state index in [-0.39, 0.29) is 12.4 Å². The molecule has 0 aliphatic carbocycles. The molecule has 0 saturated carbocycles. The van der Waals surface area contributed by atoms with Crippen molar-refractivity contribution in [3.8, 4) is 5.69 Å². The van der Waals surface area contributed by atoms with E-state index in [1.807, 2.05) is 6.20 Å². The highest BCUT2D eigenvalue weighted by Crippen LogP contribution is 2.17. The van der Waals surface area contributed by atoms with Crippen LogP contribution >= 0.6 is 22.6 Å². The summed E-state index contributed by atoms with van der Waals surface area (Å²) in [6, 6.07) is 4.85.